The standard InChI is InChI=1S/C27H23ClN2O3/c1-17-9-14-23(33-2)22(16-17)30-26(31)24(19-10-12-20(28)13-11-19)25(27(30)32)29-15-5-7-18-6-3-4-8-21(18)29/h3-4,6,8-14,16H,5,7,15H2,1-2H3. The van der Waals surface area contributed by atoms with Crippen LogP contribution in [0.4, 0.5) is 11.4 Å². The van der Waals surface area contributed by atoms with E-state index in [1.165, 1.54) is 17.6 Å². The summed E-state index contributed by atoms with van der Waals surface area (Å²) >= 11 is 6.11. The Balaban J connectivity index is 1.72. The van der Waals surface area contributed by atoms with Gasteiger partial charge in [-0.3, -0.25) is 9.59 Å². The molecule has 33 heavy (non-hydrogen) atoms. The van der Waals surface area contributed by atoms with Crippen LogP contribution < -0.4 is 14.5 Å². The number of imide groups is 1. The van der Waals surface area contributed by atoms with Crippen LogP contribution in [0.25, 0.3) is 5.57 Å². The molecule has 3 aromatic rings. The Morgan fingerprint density at radius 1 is 0.909 bits per heavy atom. The minimum Gasteiger partial charge on any atom is -0.495 e. The monoisotopic (exact) mass is 458 g/mol. The predicted molar refractivity (Wildman–Crippen MR) is 131 cm³/mol. The first-order valence-electron chi connectivity index (χ1n) is 10.9. The number of benzene rings is 3. The van der Waals surface area contributed by atoms with Gasteiger partial charge in [0.15, 0.2) is 0 Å². The van der Waals surface area contributed by atoms with Crippen LogP contribution in [0, 0.1) is 6.92 Å². The molecule has 3 aromatic carbocycles. The van der Waals surface area contributed by atoms with E-state index >= 15 is 0 Å². The van der Waals surface area contributed by atoms with E-state index in [1.54, 1.807) is 36.4 Å². The van der Waals surface area contributed by atoms with E-state index in [-0.39, 0.29) is 11.8 Å². The quantitative estimate of drug-likeness (QED) is 0.491. The van der Waals surface area contributed by atoms with Crippen molar-refractivity contribution in [3.05, 3.63) is 94.1 Å². The number of carbonyl (C=O) groups excluding carboxylic acids is 2. The van der Waals surface area contributed by atoms with E-state index in [0.29, 0.717) is 39.8 Å². The minimum absolute atomic E-state index is 0.356. The number of aryl methyl sites for hydroxylation is 2. The van der Waals surface area contributed by atoms with Gasteiger partial charge in [0.2, 0.25) is 0 Å². The molecule has 5 nitrogen and oxygen atoms in total. The Morgan fingerprint density at radius 3 is 2.42 bits per heavy atom. The maximum absolute atomic E-state index is 14.0. The molecule has 0 unspecified atom stereocenters. The molecule has 0 spiro atoms. The molecule has 0 aliphatic carbocycles. The summed E-state index contributed by atoms with van der Waals surface area (Å²) in [6.07, 6.45) is 1.83. The molecule has 2 heterocycles. The van der Waals surface area contributed by atoms with E-state index in [4.69, 9.17) is 16.3 Å². The largest absolute Gasteiger partial charge is 0.495 e. The fraction of sp³-hybridized carbons (Fsp3) is 0.185. The van der Waals surface area contributed by atoms with Gasteiger partial charge in [-0.25, -0.2) is 4.90 Å². The zero-order chi connectivity index (χ0) is 23.1. The fourth-order valence-electron chi connectivity index (χ4n) is 4.60. The van der Waals surface area contributed by atoms with Crippen molar-refractivity contribution in [1.82, 2.24) is 0 Å². The summed E-state index contributed by atoms with van der Waals surface area (Å²) in [6.45, 7) is 2.57. The van der Waals surface area contributed by atoms with Crippen molar-refractivity contribution in [1.29, 1.82) is 0 Å². The number of nitrogens with zero attached hydrogens (tertiary/aromatic N) is 2. The summed E-state index contributed by atoms with van der Waals surface area (Å²) in [4.78, 5) is 31.1. The second-order valence-electron chi connectivity index (χ2n) is 8.24. The number of carbonyl (C=O) groups is 2. The molecule has 0 saturated heterocycles. The summed E-state index contributed by atoms with van der Waals surface area (Å²) in [5.41, 5.74) is 4.92. The van der Waals surface area contributed by atoms with Crippen molar-refractivity contribution in [2.24, 2.45) is 0 Å². The number of anilines is 2. The molecule has 0 radical (unpaired) electrons. The molecule has 0 fully saturated rings. The summed E-state index contributed by atoms with van der Waals surface area (Å²) < 4.78 is 5.51. The second-order valence-corrected chi connectivity index (χ2v) is 8.67. The SMILES string of the molecule is COc1ccc(C)cc1N1C(=O)C(c2ccc(Cl)cc2)=C(N2CCCc3ccccc32)C1=O. The molecule has 5 rings (SSSR count). The normalized spacial score (nSPS) is 15.8. The molecule has 166 valence electrons. The van der Waals surface area contributed by atoms with Gasteiger partial charge in [0.25, 0.3) is 11.8 Å². The highest BCUT2D eigenvalue weighted by atomic mass is 35.5. The molecule has 2 amide bonds. The molecule has 2 aliphatic heterocycles. The lowest BCUT2D eigenvalue weighted by Gasteiger charge is -2.32. The molecule has 6 heteroatoms. The average molecular weight is 459 g/mol. The van der Waals surface area contributed by atoms with E-state index in [0.717, 1.165) is 24.1 Å². The number of ether oxygens (including phenoxy) is 1. The molecule has 0 aromatic heterocycles. The van der Waals surface area contributed by atoms with Crippen LogP contribution in [0.1, 0.15) is 23.1 Å². The maximum Gasteiger partial charge on any atom is 0.282 e. The number of rotatable bonds is 4. The first-order valence-corrected chi connectivity index (χ1v) is 11.3. The summed E-state index contributed by atoms with van der Waals surface area (Å²) in [6, 6.07) is 20.6. The van der Waals surface area contributed by atoms with Gasteiger partial charge < -0.3 is 9.64 Å². The van der Waals surface area contributed by atoms with E-state index < -0.39 is 0 Å². The Kier molecular flexibility index (Phi) is 5.43. The first kappa shape index (κ1) is 21.3. The highest BCUT2D eigenvalue weighted by Gasteiger charge is 2.44. The Labute approximate surface area is 197 Å². The molecular weight excluding hydrogens is 436 g/mol. The van der Waals surface area contributed by atoms with Crippen LogP contribution in [-0.2, 0) is 16.0 Å². The van der Waals surface area contributed by atoms with E-state index in [1.807, 2.05) is 36.1 Å². The molecule has 0 atom stereocenters. The van der Waals surface area contributed by atoms with Crippen molar-refractivity contribution >= 4 is 40.4 Å². The van der Waals surface area contributed by atoms with Crippen LogP contribution in [0.2, 0.25) is 5.02 Å². The van der Waals surface area contributed by atoms with Crippen molar-refractivity contribution in [2.75, 3.05) is 23.5 Å². The highest BCUT2D eigenvalue weighted by Crippen LogP contribution is 2.42. The topological polar surface area (TPSA) is 49.9 Å². The second kappa shape index (κ2) is 8.41. The van der Waals surface area contributed by atoms with Gasteiger partial charge >= 0.3 is 0 Å². The number of para-hydroxylation sites is 1. The van der Waals surface area contributed by atoms with Crippen molar-refractivity contribution in [3.8, 4) is 5.75 Å². The summed E-state index contributed by atoms with van der Waals surface area (Å²) in [7, 11) is 1.54. The van der Waals surface area contributed by atoms with Gasteiger partial charge in [0, 0.05) is 17.3 Å². The lowest BCUT2D eigenvalue weighted by molar-refractivity contribution is -0.120. The predicted octanol–water partition coefficient (Wildman–Crippen LogP) is 5.39. The molecular formula is C27H23ClN2O3. The third kappa shape index (κ3) is 3.58. The van der Waals surface area contributed by atoms with Crippen LogP contribution in [-0.4, -0.2) is 25.5 Å². The lowest BCUT2D eigenvalue weighted by Crippen LogP contribution is -2.37. The van der Waals surface area contributed by atoms with Gasteiger partial charge in [-0.2, -0.15) is 0 Å². The lowest BCUT2D eigenvalue weighted by atomic mass is 9.98. The van der Waals surface area contributed by atoms with Crippen LogP contribution in [0.3, 0.4) is 0 Å². The Hall–Kier alpha value is -3.57. The Bertz CT molecular complexity index is 1300. The third-order valence-corrected chi connectivity index (χ3v) is 6.40. The van der Waals surface area contributed by atoms with Gasteiger partial charge in [-0.1, -0.05) is 48.0 Å². The van der Waals surface area contributed by atoms with Gasteiger partial charge in [-0.05, 0) is 66.8 Å². The van der Waals surface area contributed by atoms with Crippen LogP contribution in [0.5, 0.6) is 5.75 Å². The number of amides is 2. The number of hydrogen-bond acceptors (Lipinski definition) is 4. The molecule has 0 saturated carbocycles. The Morgan fingerprint density at radius 2 is 1.67 bits per heavy atom. The molecule has 2 aliphatic rings. The zero-order valence-electron chi connectivity index (χ0n) is 18.5. The first-order chi connectivity index (χ1) is 16.0. The zero-order valence-corrected chi connectivity index (χ0v) is 19.2. The molecule has 0 N–H and O–H groups in total. The minimum atomic E-state index is -0.371. The summed E-state index contributed by atoms with van der Waals surface area (Å²) in [5.74, 6) is -0.257. The smallest absolute Gasteiger partial charge is 0.282 e. The number of halogens is 1. The van der Waals surface area contributed by atoms with Crippen LogP contribution >= 0.6 is 11.6 Å². The van der Waals surface area contributed by atoms with Crippen molar-refractivity contribution in [2.45, 2.75) is 19.8 Å². The number of methoxy groups -OCH3 is 1. The highest BCUT2D eigenvalue weighted by molar-refractivity contribution is 6.46. The number of hydrogen-bond donors (Lipinski definition) is 0. The van der Waals surface area contributed by atoms with E-state index in [2.05, 4.69) is 6.07 Å². The molecule has 0 bridgehead atoms. The van der Waals surface area contributed by atoms with E-state index in [9.17, 15) is 9.59 Å². The number of fused-ring (bicyclic) bond motifs is 1. The van der Waals surface area contributed by atoms with Gasteiger partial charge in [0.1, 0.15) is 11.4 Å². The van der Waals surface area contributed by atoms with Crippen LogP contribution in [0.15, 0.2) is 72.4 Å². The van der Waals surface area contributed by atoms with Crippen molar-refractivity contribution < 1.29 is 14.3 Å². The maximum atomic E-state index is 14.0. The van der Waals surface area contributed by atoms with Gasteiger partial charge in [-0.15, -0.1) is 0 Å². The van der Waals surface area contributed by atoms with Gasteiger partial charge in [0.05, 0.1) is 18.4 Å². The van der Waals surface area contributed by atoms with Crippen molar-refractivity contribution in [3.63, 3.8) is 0 Å². The summed E-state index contributed by atoms with van der Waals surface area (Å²) in [5, 5.41) is 0.568. The fourth-order valence-corrected chi connectivity index (χ4v) is 4.73. The average Bonchev–Trinajstić information content (AvgIpc) is 3.08. The third-order valence-electron chi connectivity index (χ3n) is 6.15.